The molecular weight excluding hydrogens is 450 g/mol. The van der Waals surface area contributed by atoms with Crippen LogP contribution in [0.5, 0.6) is 0 Å². The molecule has 3 aromatic rings. The second-order valence-corrected chi connectivity index (χ2v) is 15.6. The highest BCUT2D eigenvalue weighted by Crippen LogP contribution is 2.36. The Bertz CT molecular complexity index is 997. The molecule has 0 atom stereocenters. The molecule has 0 amide bonds. The Morgan fingerprint density at radius 1 is 1.18 bits per heavy atom. The van der Waals surface area contributed by atoms with Gasteiger partial charge >= 0.3 is 0 Å². The first-order valence-electron chi connectivity index (χ1n) is 9.45. The van der Waals surface area contributed by atoms with E-state index in [4.69, 9.17) is 14.7 Å². The van der Waals surface area contributed by atoms with Crippen LogP contribution in [0, 0.1) is 13.8 Å². The van der Waals surface area contributed by atoms with E-state index in [0.717, 1.165) is 44.6 Å². The van der Waals surface area contributed by atoms with E-state index in [2.05, 4.69) is 78.4 Å². The van der Waals surface area contributed by atoms with Crippen LogP contribution in [0.3, 0.4) is 0 Å². The molecule has 1 aromatic carbocycles. The molecule has 0 saturated carbocycles. The Labute approximate surface area is 181 Å². The van der Waals surface area contributed by atoms with Gasteiger partial charge in [0.2, 0.25) is 0 Å². The van der Waals surface area contributed by atoms with Crippen molar-refractivity contribution in [3.8, 4) is 11.3 Å². The summed E-state index contributed by atoms with van der Waals surface area (Å²) in [4.78, 5) is 9.65. The number of benzene rings is 1. The number of thioether (sulfide) groups is 1. The van der Waals surface area contributed by atoms with Crippen molar-refractivity contribution < 1.29 is 4.74 Å². The van der Waals surface area contributed by atoms with Crippen molar-refractivity contribution in [1.29, 1.82) is 0 Å². The fourth-order valence-electron chi connectivity index (χ4n) is 3.12. The van der Waals surface area contributed by atoms with Crippen LogP contribution in [-0.2, 0) is 11.5 Å². The second-order valence-electron chi connectivity index (χ2n) is 8.37. The highest BCUT2D eigenvalue weighted by Gasteiger charge is 2.18. The SMILES string of the molecule is CSc1nc(-c2ccc(C)cc2C)c2c(Br)cn(COCC[Si-](C)(C)C)c2n1. The van der Waals surface area contributed by atoms with E-state index < -0.39 is 8.07 Å². The fourth-order valence-corrected chi connectivity index (χ4v) is 4.85. The van der Waals surface area contributed by atoms with Gasteiger partial charge < -0.3 is 9.30 Å². The monoisotopic (exact) mass is 477 g/mol. The molecule has 0 fully saturated rings. The van der Waals surface area contributed by atoms with E-state index in [1.54, 1.807) is 11.8 Å². The van der Waals surface area contributed by atoms with Gasteiger partial charge in [-0.2, -0.15) is 19.6 Å². The lowest BCUT2D eigenvalue weighted by atomic mass is 10.0. The minimum atomic E-state index is -1.10. The third-order valence-corrected chi connectivity index (χ3v) is 7.55. The summed E-state index contributed by atoms with van der Waals surface area (Å²) in [5.41, 5.74) is 5.50. The van der Waals surface area contributed by atoms with E-state index in [0.29, 0.717) is 6.73 Å². The summed E-state index contributed by atoms with van der Waals surface area (Å²) in [6.07, 6.45) is 4.07. The van der Waals surface area contributed by atoms with Crippen LogP contribution in [0.2, 0.25) is 25.7 Å². The Kier molecular flexibility index (Phi) is 6.69. The van der Waals surface area contributed by atoms with Gasteiger partial charge in [-0.1, -0.05) is 35.5 Å². The number of aromatic nitrogens is 3. The molecule has 0 bridgehead atoms. The summed E-state index contributed by atoms with van der Waals surface area (Å²) in [5.74, 6) is 0. The molecular formula is C21H28BrN3OSSi-. The maximum atomic E-state index is 5.99. The number of nitrogens with zero attached hydrogens (tertiary/aromatic N) is 3. The van der Waals surface area contributed by atoms with Crippen LogP contribution in [0.15, 0.2) is 34.0 Å². The van der Waals surface area contributed by atoms with Crippen molar-refractivity contribution in [3.05, 3.63) is 40.0 Å². The maximum Gasteiger partial charge on any atom is 0.189 e. The molecule has 0 aliphatic rings. The predicted octanol–water partition coefficient (Wildman–Crippen LogP) is 6.51. The quantitative estimate of drug-likeness (QED) is 0.168. The zero-order chi connectivity index (χ0) is 20.5. The molecule has 2 heterocycles. The molecule has 3 rings (SSSR count). The van der Waals surface area contributed by atoms with Crippen LogP contribution in [-0.4, -0.2) is 35.5 Å². The van der Waals surface area contributed by atoms with Gasteiger partial charge in [-0.3, -0.25) is 0 Å². The van der Waals surface area contributed by atoms with Crippen molar-refractivity contribution in [3.63, 3.8) is 0 Å². The van der Waals surface area contributed by atoms with Crippen LogP contribution in [0.1, 0.15) is 11.1 Å². The van der Waals surface area contributed by atoms with E-state index in [1.807, 2.05) is 6.26 Å². The Morgan fingerprint density at radius 2 is 1.93 bits per heavy atom. The van der Waals surface area contributed by atoms with Crippen molar-refractivity contribution in [2.24, 2.45) is 0 Å². The summed E-state index contributed by atoms with van der Waals surface area (Å²) in [6.45, 7) is 12.6. The zero-order valence-corrected chi connectivity index (χ0v) is 20.9. The van der Waals surface area contributed by atoms with Gasteiger partial charge in [-0.15, -0.1) is 14.1 Å². The lowest BCUT2D eigenvalue weighted by Gasteiger charge is -2.26. The van der Waals surface area contributed by atoms with Gasteiger partial charge in [0.25, 0.3) is 0 Å². The molecule has 2 aromatic heterocycles. The third-order valence-electron chi connectivity index (χ3n) is 4.70. The number of rotatable bonds is 7. The highest BCUT2D eigenvalue weighted by molar-refractivity contribution is 9.10. The van der Waals surface area contributed by atoms with Gasteiger partial charge in [-0.05, 0) is 41.6 Å². The maximum absolute atomic E-state index is 5.99. The van der Waals surface area contributed by atoms with Crippen molar-refractivity contribution in [1.82, 2.24) is 14.5 Å². The molecule has 0 radical (unpaired) electrons. The number of fused-ring (bicyclic) bond motifs is 1. The summed E-state index contributed by atoms with van der Waals surface area (Å²) >= 11 is 5.30. The number of ether oxygens (including phenoxy) is 1. The largest absolute Gasteiger partial charge is 0.364 e. The number of aryl methyl sites for hydroxylation is 2. The van der Waals surface area contributed by atoms with Crippen LogP contribution >= 0.6 is 27.7 Å². The zero-order valence-electron chi connectivity index (χ0n) is 17.5. The summed E-state index contributed by atoms with van der Waals surface area (Å²) in [6, 6.07) is 7.66. The summed E-state index contributed by atoms with van der Waals surface area (Å²) in [5, 5.41) is 1.81. The third kappa shape index (κ3) is 4.87. The number of hydrogen-bond acceptors (Lipinski definition) is 4. The van der Waals surface area contributed by atoms with E-state index in [1.165, 1.54) is 11.1 Å². The van der Waals surface area contributed by atoms with Gasteiger partial charge in [-0.25, -0.2) is 9.97 Å². The molecule has 0 aliphatic heterocycles. The molecule has 28 heavy (non-hydrogen) atoms. The van der Waals surface area contributed by atoms with Crippen LogP contribution in [0.25, 0.3) is 22.3 Å². The number of hydrogen-bond donors (Lipinski definition) is 0. The van der Waals surface area contributed by atoms with E-state index >= 15 is 0 Å². The molecule has 0 saturated heterocycles. The lowest BCUT2D eigenvalue weighted by molar-refractivity contribution is 0.0897. The highest BCUT2D eigenvalue weighted by atomic mass is 79.9. The Balaban J connectivity index is 2.03. The topological polar surface area (TPSA) is 39.9 Å². The van der Waals surface area contributed by atoms with Crippen LogP contribution in [0.4, 0.5) is 0 Å². The molecule has 7 heteroatoms. The summed E-state index contributed by atoms with van der Waals surface area (Å²) in [7, 11) is -1.10. The first-order chi connectivity index (χ1) is 13.2. The van der Waals surface area contributed by atoms with E-state index in [-0.39, 0.29) is 0 Å². The molecule has 0 N–H and O–H groups in total. The molecule has 151 valence electrons. The molecule has 0 unspecified atom stereocenters. The van der Waals surface area contributed by atoms with Gasteiger partial charge in [0.05, 0.1) is 11.1 Å². The fraction of sp³-hybridized carbons (Fsp3) is 0.429. The van der Waals surface area contributed by atoms with Crippen molar-refractivity contribution >= 4 is 46.8 Å². The van der Waals surface area contributed by atoms with Crippen LogP contribution < -0.4 is 0 Å². The molecule has 4 nitrogen and oxygen atoms in total. The molecule has 0 aliphatic carbocycles. The molecule has 0 spiro atoms. The Morgan fingerprint density at radius 3 is 2.57 bits per heavy atom. The first-order valence-corrected chi connectivity index (χ1v) is 15.2. The average Bonchev–Trinajstić information content (AvgIpc) is 2.93. The van der Waals surface area contributed by atoms with Gasteiger partial charge in [0.1, 0.15) is 12.4 Å². The van der Waals surface area contributed by atoms with Crippen molar-refractivity contribution in [2.75, 3.05) is 12.9 Å². The lowest BCUT2D eigenvalue weighted by Crippen LogP contribution is -2.22. The first kappa shape index (κ1) is 21.6. The normalized spacial score (nSPS) is 12.1. The van der Waals surface area contributed by atoms with E-state index in [9.17, 15) is 0 Å². The van der Waals surface area contributed by atoms with Gasteiger partial charge in [0, 0.05) is 22.8 Å². The predicted molar refractivity (Wildman–Crippen MR) is 126 cm³/mol. The summed E-state index contributed by atoms with van der Waals surface area (Å²) < 4.78 is 9.07. The Hall–Kier alpha value is -1.15. The standard InChI is InChI=1S/C21H28BrN3OSSi/c1-14-7-8-16(15(2)11-14)19-18-17(22)12-25(13-26-9-10-28(4,5)6)20(18)24-21(23-19)27-3/h7-8,11-12H,9-10,13H2,1-6H3/q-1. The second kappa shape index (κ2) is 8.69. The smallest absolute Gasteiger partial charge is 0.189 e. The van der Waals surface area contributed by atoms with Gasteiger partial charge in [0.15, 0.2) is 5.16 Å². The number of halogens is 1. The minimum absolute atomic E-state index is 0.504. The minimum Gasteiger partial charge on any atom is -0.364 e. The average molecular weight is 479 g/mol. The van der Waals surface area contributed by atoms with Crippen molar-refractivity contribution in [2.45, 2.75) is 51.4 Å².